The molecule has 2 aromatic carbocycles. The number of nitrogens with zero attached hydrogens (tertiary/aromatic N) is 1. The largest absolute Gasteiger partial charge is 0.287 e. The fourth-order valence-corrected chi connectivity index (χ4v) is 2.64. The van der Waals surface area contributed by atoms with Gasteiger partial charge < -0.3 is 0 Å². The maximum atomic E-state index is 11.0. The predicted octanol–water partition coefficient (Wildman–Crippen LogP) is 3.76. The summed E-state index contributed by atoms with van der Waals surface area (Å²) in [6, 6.07) is 17.1. The summed E-state index contributed by atoms with van der Waals surface area (Å²) in [7, 11) is -4.20. The van der Waals surface area contributed by atoms with Gasteiger partial charge in [-0.15, -0.1) is 0 Å². The Morgan fingerprint density at radius 3 is 2.36 bits per heavy atom. The number of rotatable bonds is 3. The van der Waals surface area contributed by atoms with Crippen LogP contribution in [0.15, 0.2) is 66.2 Å². The summed E-state index contributed by atoms with van der Waals surface area (Å²) in [4.78, 5) is 4.45. The minimum Gasteiger partial charge on any atom is -0.282 e. The number of fused-ring (bicyclic) bond motifs is 1. The smallest absolute Gasteiger partial charge is 0.282 e. The molecule has 22 heavy (non-hydrogen) atoms. The molecule has 0 atom stereocenters. The number of hydrogen-bond donors (Lipinski definition) is 1. The highest BCUT2D eigenvalue weighted by atomic mass is 32.2. The summed E-state index contributed by atoms with van der Waals surface area (Å²) in [6.07, 6.45) is 3.13. The van der Waals surface area contributed by atoms with Crippen molar-refractivity contribution in [3.63, 3.8) is 0 Å². The maximum Gasteiger partial charge on any atom is 0.287 e. The Labute approximate surface area is 128 Å². The van der Waals surface area contributed by atoms with Crippen molar-refractivity contribution in [1.82, 2.24) is 4.98 Å². The minimum atomic E-state index is -4.20. The lowest BCUT2D eigenvalue weighted by Crippen LogP contribution is -1.93. The number of aromatic nitrogens is 1. The summed E-state index contributed by atoms with van der Waals surface area (Å²) in [5, 5.41) is 2.55. The zero-order valence-corrected chi connectivity index (χ0v) is 12.4. The van der Waals surface area contributed by atoms with Gasteiger partial charge in [0.25, 0.3) is 10.1 Å². The van der Waals surface area contributed by atoms with Crippen molar-refractivity contribution in [2.45, 2.75) is 0 Å². The van der Waals surface area contributed by atoms with E-state index in [2.05, 4.69) is 4.98 Å². The first-order chi connectivity index (χ1) is 10.5. The Morgan fingerprint density at radius 1 is 0.955 bits per heavy atom. The average molecular weight is 311 g/mol. The van der Waals surface area contributed by atoms with Crippen LogP contribution in [0, 0.1) is 0 Å². The molecular formula is C17H13NO3S. The summed E-state index contributed by atoms with van der Waals surface area (Å²) >= 11 is 0. The molecular weight excluding hydrogens is 298 g/mol. The van der Waals surface area contributed by atoms with E-state index in [1.807, 2.05) is 54.6 Å². The lowest BCUT2D eigenvalue weighted by molar-refractivity contribution is 0.494. The predicted molar refractivity (Wildman–Crippen MR) is 87.8 cm³/mol. The molecule has 0 bridgehead atoms. The Morgan fingerprint density at radius 2 is 1.64 bits per heavy atom. The van der Waals surface area contributed by atoms with E-state index >= 15 is 0 Å². The molecule has 0 aliphatic rings. The average Bonchev–Trinajstić information content (AvgIpc) is 2.52. The van der Waals surface area contributed by atoms with Gasteiger partial charge >= 0.3 is 0 Å². The molecule has 3 aromatic rings. The molecule has 0 fully saturated rings. The monoisotopic (exact) mass is 311 g/mol. The van der Waals surface area contributed by atoms with Gasteiger partial charge in [-0.25, -0.2) is 0 Å². The van der Waals surface area contributed by atoms with E-state index in [1.54, 1.807) is 6.20 Å². The van der Waals surface area contributed by atoms with Gasteiger partial charge in [0, 0.05) is 22.7 Å². The number of benzene rings is 2. The second-order valence-corrected chi connectivity index (χ2v) is 6.09. The van der Waals surface area contributed by atoms with Crippen LogP contribution in [0.25, 0.3) is 28.1 Å². The molecule has 5 heteroatoms. The molecule has 0 saturated carbocycles. The summed E-state index contributed by atoms with van der Waals surface area (Å²) in [6.45, 7) is 0. The quantitative estimate of drug-likeness (QED) is 0.748. The zero-order chi connectivity index (χ0) is 15.6. The molecule has 110 valence electrons. The van der Waals surface area contributed by atoms with E-state index in [0.29, 0.717) is 11.3 Å². The molecule has 0 amide bonds. The molecule has 0 aliphatic carbocycles. The van der Waals surface area contributed by atoms with Gasteiger partial charge in [-0.1, -0.05) is 54.6 Å². The minimum absolute atomic E-state index is 0.655. The van der Waals surface area contributed by atoms with Crippen molar-refractivity contribution < 1.29 is 13.0 Å². The van der Waals surface area contributed by atoms with E-state index < -0.39 is 10.1 Å². The van der Waals surface area contributed by atoms with Gasteiger partial charge in [0.1, 0.15) is 0 Å². The normalized spacial score (nSPS) is 12.0. The van der Waals surface area contributed by atoms with Crippen molar-refractivity contribution in [3.8, 4) is 11.3 Å². The lowest BCUT2D eigenvalue weighted by atomic mass is 10.00. The van der Waals surface area contributed by atoms with Crippen molar-refractivity contribution in [3.05, 3.63) is 71.8 Å². The second kappa shape index (κ2) is 5.71. The highest BCUT2D eigenvalue weighted by Crippen LogP contribution is 2.29. The standard InChI is InChI=1S/C17H13NO3S/c19-22(20,21)11-10-16-15-9-5-4-8-14(15)12-18-17(16)13-6-2-1-3-7-13/h1-12H,(H,19,20,21)/b11-10+. The Kier molecular flexibility index (Phi) is 3.75. The molecule has 0 saturated heterocycles. The van der Waals surface area contributed by atoms with Crippen LogP contribution in [0.2, 0.25) is 0 Å². The van der Waals surface area contributed by atoms with Crippen LogP contribution < -0.4 is 0 Å². The van der Waals surface area contributed by atoms with Crippen LogP contribution in [-0.4, -0.2) is 18.0 Å². The molecule has 1 heterocycles. The van der Waals surface area contributed by atoms with Gasteiger partial charge in [-0.3, -0.25) is 9.54 Å². The lowest BCUT2D eigenvalue weighted by Gasteiger charge is -2.09. The van der Waals surface area contributed by atoms with Crippen molar-refractivity contribution >= 4 is 27.0 Å². The molecule has 1 N–H and O–H groups in total. The van der Waals surface area contributed by atoms with Gasteiger partial charge in [0.05, 0.1) is 11.1 Å². The first-order valence-electron chi connectivity index (χ1n) is 6.63. The summed E-state index contributed by atoms with van der Waals surface area (Å²) < 4.78 is 31.1. The highest BCUT2D eigenvalue weighted by Gasteiger charge is 2.09. The molecule has 4 nitrogen and oxygen atoms in total. The van der Waals surface area contributed by atoms with Crippen molar-refractivity contribution in [1.29, 1.82) is 0 Å². The van der Waals surface area contributed by atoms with Crippen LogP contribution in [0.5, 0.6) is 0 Å². The Bertz CT molecular complexity index is 948. The fourth-order valence-electron chi connectivity index (χ4n) is 2.33. The van der Waals surface area contributed by atoms with Crippen molar-refractivity contribution in [2.24, 2.45) is 0 Å². The van der Waals surface area contributed by atoms with E-state index in [1.165, 1.54) is 6.08 Å². The molecule has 0 radical (unpaired) electrons. The van der Waals surface area contributed by atoms with Crippen LogP contribution in [0.1, 0.15) is 5.56 Å². The highest BCUT2D eigenvalue weighted by molar-refractivity contribution is 7.88. The molecule has 1 aromatic heterocycles. The third-order valence-electron chi connectivity index (χ3n) is 3.29. The molecule has 0 unspecified atom stereocenters. The van der Waals surface area contributed by atoms with Gasteiger partial charge in [-0.05, 0) is 11.5 Å². The van der Waals surface area contributed by atoms with Gasteiger partial charge in [0.2, 0.25) is 0 Å². The molecule has 0 aliphatic heterocycles. The summed E-state index contributed by atoms with van der Waals surface area (Å²) in [5.74, 6) is 0. The third kappa shape index (κ3) is 3.05. The van der Waals surface area contributed by atoms with Crippen LogP contribution in [-0.2, 0) is 10.1 Å². The van der Waals surface area contributed by atoms with E-state index in [9.17, 15) is 8.42 Å². The third-order valence-corrected chi connectivity index (χ3v) is 3.77. The first-order valence-corrected chi connectivity index (χ1v) is 8.14. The van der Waals surface area contributed by atoms with E-state index in [4.69, 9.17) is 4.55 Å². The van der Waals surface area contributed by atoms with Crippen LogP contribution in [0.4, 0.5) is 0 Å². The van der Waals surface area contributed by atoms with Crippen LogP contribution >= 0.6 is 0 Å². The van der Waals surface area contributed by atoms with Gasteiger partial charge in [0.15, 0.2) is 0 Å². The first kappa shape index (κ1) is 14.4. The second-order valence-electron chi connectivity index (χ2n) is 4.79. The Balaban J connectivity index is 2.31. The van der Waals surface area contributed by atoms with E-state index in [-0.39, 0.29) is 0 Å². The van der Waals surface area contributed by atoms with Crippen LogP contribution in [0.3, 0.4) is 0 Å². The number of pyridine rings is 1. The fraction of sp³-hybridized carbons (Fsp3) is 0. The van der Waals surface area contributed by atoms with Gasteiger partial charge in [-0.2, -0.15) is 8.42 Å². The van der Waals surface area contributed by atoms with E-state index in [0.717, 1.165) is 21.7 Å². The maximum absolute atomic E-state index is 11.0. The van der Waals surface area contributed by atoms with Crippen molar-refractivity contribution in [2.75, 3.05) is 0 Å². The summed E-state index contributed by atoms with van der Waals surface area (Å²) in [5.41, 5.74) is 2.20. The molecule has 0 spiro atoms. The number of hydrogen-bond acceptors (Lipinski definition) is 3. The topological polar surface area (TPSA) is 67.3 Å². The SMILES string of the molecule is O=S(=O)(O)/C=C/c1c(-c2ccccc2)ncc2ccccc12. The Hall–Kier alpha value is -2.50. The molecule has 3 rings (SSSR count). The zero-order valence-electron chi connectivity index (χ0n) is 11.5.